The number of rotatable bonds is 7. The molecule has 7 N–H and O–H groups in total. The number of hydrogen-bond donors (Lipinski definition) is 7. The van der Waals surface area contributed by atoms with Gasteiger partial charge in [0, 0.05) is 0 Å². The van der Waals surface area contributed by atoms with Gasteiger partial charge in [0.1, 0.15) is 36.6 Å². The van der Waals surface area contributed by atoms with Crippen LogP contribution in [0.5, 0.6) is 0 Å². The number of ether oxygens (including phenoxy) is 4. The summed E-state index contributed by atoms with van der Waals surface area (Å²) >= 11 is 0. The summed E-state index contributed by atoms with van der Waals surface area (Å²) in [6, 6.07) is 0. The van der Waals surface area contributed by atoms with Crippen molar-refractivity contribution in [2.24, 2.45) is 50.2 Å². The summed E-state index contributed by atoms with van der Waals surface area (Å²) in [6.07, 6.45) is -3.88. The van der Waals surface area contributed by atoms with E-state index in [1.165, 1.54) is 5.57 Å². The van der Waals surface area contributed by atoms with E-state index in [2.05, 4.69) is 54.5 Å². The van der Waals surface area contributed by atoms with Crippen LogP contribution in [0.1, 0.15) is 113 Å². The topological polar surface area (TPSA) is 213 Å². The molecule has 0 aromatic heterocycles. The van der Waals surface area contributed by atoms with Crippen LogP contribution < -0.4 is 0 Å². The van der Waals surface area contributed by atoms with Gasteiger partial charge in [-0.25, -0.2) is 4.79 Å². The molecule has 2 saturated heterocycles. The molecule has 0 bridgehead atoms. The second-order valence-corrected chi connectivity index (χ2v) is 20.2. The molecule has 7 aliphatic rings. The standard InChI is InChI=1S/C41H64O13/c1-36(2)14-16-41(35(49)50)17-15-39(6)20(21(41)18-36)8-9-24-38(5)12-11-25(37(3,4)23(38)10-13-40(24,39)7)52-34-29(46)27(44)30(31(54-34)32(47)48)53-33-28(45)26(43)22(19-42)51-33/h8,21-31,33-34,42-46H,9-19H2,1-7H3,(H,47,48)(H,49,50)/t21-,22+,23+,24-,25+,26+,27-,28-,29-,30+,31+,33+,34-,38+,39-,40-,41+/m1/s1. The van der Waals surface area contributed by atoms with Gasteiger partial charge in [0.2, 0.25) is 0 Å². The van der Waals surface area contributed by atoms with Gasteiger partial charge in [-0.15, -0.1) is 0 Å². The number of aliphatic carboxylic acids is 2. The number of fused-ring (bicyclic) bond motifs is 7. The highest BCUT2D eigenvalue weighted by atomic mass is 16.7. The van der Waals surface area contributed by atoms with Gasteiger partial charge in [-0.3, -0.25) is 4.79 Å². The molecule has 13 heteroatoms. The Bertz CT molecular complexity index is 1510. The first kappa shape index (κ1) is 40.5. The molecule has 6 fully saturated rings. The van der Waals surface area contributed by atoms with Crippen LogP contribution in [0.2, 0.25) is 0 Å². The summed E-state index contributed by atoms with van der Waals surface area (Å²) in [6.45, 7) is 15.6. The summed E-state index contributed by atoms with van der Waals surface area (Å²) < 4.78 is 23.3. The lowest BCUT2D eigenvalue weighted by Gasteiger charge is -2.71. The minimum atomic E-state index is -1.80. The van der Waals surface area contributed by atoms with E-state index in [4.69, 9.17) is 18.9 Å². The highest BCUT2D eigenvalue weighted by Crippen LogP contribution is 2.76. The lowest BCUT2D eigenvalue weighted by Crippen LogP contribution is -2.66. The quantitative estimate of drug-likeness (QED) is 0.146. The van der Waals surface area contributed by atoms with Gasteiger partial charge >= 0.3 is 11.9 Å². The zero-order chi connectivity index (χ0) is 39.6. The van der Waals surface area contributed by atoms with Crippen LogP contribution in [0.4, 0.5) is 0 Å². The zero-order valence-corrected chi connectivity index (χ0v) is 32.9. The van der Waals surface area contributed by atoms with Crippen molar-refractivity contribution in [2.75, 3.05) is 6.61 Å². The minimum Gasteiger partial charge on any atom is -0.481 e. The number of carbonyl (C=O) groups is 2. The van der Waals surface area contributed by atoms with Crippen molar-refractivity contribution < 1.29 is 64.3 Å². The van der Waals surface area contributed by atoms with Gasteiger partial charge in [-0.1, -0.05) is 60.1 Å². The summed E-state index contributed by atoms with van der Waals surface area (Å²) in [5.41, 5.74) is 0.157. The highest BCUT2D eigenvalue weighted by molar-refractivity contribution is 5.76. The van der Waals surface area contributed by atoms with Gasteiger partial charge in [0.05, 0.1) is 18.1 Å². The second-order valence-electron chi connectivity index (χ2n) is 20.2. The summed E-state index contributed by atoms with van der Waals surface area (Å²) in [5, 5.41) is 73.2. The van der Waals surface area contributed by atoms with Gasteiger partial charge in [0.15, 0.2) is 18.7 Å². The Morgan fingerprint density at radius 2 is 1.43 bits per heavy atom. The molecule has 2 aliphatic heterocycles. The lowest BCUT2D eigenvalue weighted by atomic mass is 9.33. The normalized spacial score (nSPS) is 52.2. The Morgan fingerprint density at radius 1 is 0.778 bits per heavy atom. The molecular weight excluding hydrogens is 700 g/mol. The number of aliphatic hydroxyl groups is 5. The van der Waals surface area contributed by atoms with Gasteiger partial charge in [-0.05, 0) is 109 Å². The van der Waals surface area contributed by atoms with Crippen LogP contribution in [0.3, 0.4) is 0 Å². The molecule has 4 saturated carbocycles. The first-order valence-corrected chi connectivity index (χ1v) is 20.2. The van der Waals surface area contributed by atoms with Crippen LogP contribution >= 0.6 is 0 Å². The van der Waals surface area contributed by atoms with E-state index in [9.17, 15) is 45.3 Å². The molecular formula is C41H64O13. The third-order valence-corrected chi connectivity index (χ3v) is 16.9. The third kappa shape index (κ3) is 5.80. The molecule has 2 heterocycles. The maximum Gasteiger partial charge on any atom is 0.335 e. The van der Waals surface area contributed by atoms with Crippen molar-refractivity contribution in [3.8, 4) is 0 Å². The van der Waals surface area contributed by atoms with Crippen molar-refractivity contribution in [3.05, 3.63) is 11.6 Å². The predicted octanol–water partition coefficient (Wildman–Crippen LogP) is 3.61. The Balaban J connectivity index is 1.10. The van der Waals surface area contributed by atoms with Crippen LogP contribution in [-0.4, -0.2) is 116 Å². The van der Waals surface area contributed by atoms with E-state index >= 15 is 0 Å². The Hall–Kier alpha value is -1.68. The Kier molecular flexibility index (Phi) is 10.1. The molecule has 0 aromatic carbocycles. The third-order valence-electron chi connectivity index (χ3n) is 16.9. The minimum absolute atomic E-state index is 0.0291. The highest BCUT2D eigenvalue weighted by Gasteiger charge is 2.69. The largest absolute Gasteiger partial charge is 0.481 e. The van der Waals surface area contributed by atoms with E-state index in [0.717, 1.165) is 51.4 Å². The smallest absolute Gasteiger partial charge is 0.335 e. The van der Waals surface area contributed by atoms with E-state index in [0.29, 0.717) is 18.8 Å². The second kappa shape index (κ2) is 13.4. The average molecular weight is 765 g/mol. The molecule has 13 nitrogen and oxygen atoms in total. The monoisotopic (exact) mass is 764 g/mol. The van der Waals surface area contributed by atoms with Crippen molar-refractivity contribution in [3.63, 3.8) is 0 Å². The molecule has 54 heavy (non-hydrogen) atoms. The zero-order valence-electron chi connectivity index (χ0n) is 32.9. The van der Waals surface area contributed by atoms with E-state index in [1.807, 2.05) is 0 Å². The van der Waals surface area contributed by atoms with E-state index in [-0.39, 0.29) is 33.5 Å². The summed E-state index contributed by atoms with van der Waals surface area (Å²) in [7, 11) is 0. The Morgan fingerprint density at radius 3 is 2.06 bits per heavy atom. The van der Waals surface area contributed by atoms with Crippen molar-refractivity contribution in [1.82, 2.24) is 0 Å². The maximum atomic E-state index is 13.0. The first-order valence-electron chi connectivity index (χ1n) is 20.2. The van der Waals surface area contributed by atoms with Crippen LogP contribution in [0, 0.1) is 50.2 Å². The molecule has 5 aliphatic carbocycles. The number of carboxylic acid groups (broad SMARTS) is 2. The average Bonchev–Trinajstić information content (AvgIpc) is 3.36. The molecule has 0 aromatic rings. The summed E-state index contributed by atoms with van der Waals surface area (Å²) in [4.78, 5) is 25.4. The SMILES string of the molecule is CC1(C)CC[C@]2(C(=O)O)CC[C@]3(C)C(=CC[C@@H]4[C@@]5(C)CC[C@H](O[C@@H]6O[C@H](C(=O)O)[C@@H](O[C@@H]7O[C@@H](CO)[C@H](O)[C@H]7O)[C@H](O)[C@H]6O)C(C)(C)[C@@H]5CC[C@]43C)[C@H]2C1. The summed E-state index contributed by atoms with van der Waals surface area (Å²) in [5.74, 6) is -1.50. The number of carboxylic acids is 2. The molecule has 0 unspecified atom stereocenters. The molecule has 0 spiro atoms. The van der Waals surface area contributed by atoms with Crippen molar-refractivity contribution >= 4 is 11.9 Å². The Labute approximate surface area is 318 Å². The van der Waals surface area contributed by atoms with Crippen LogP contribution in [0.25, 0.3) is 0 Å². The first-order chi connectivity index (χ1) is 25.1. The van der Waals surface area contributed by atoms with Crippen molar-refractivity contribution in [1.29, 1.82) is 0 Å². The van der Waals surface area contributed by atoms with Gasteiger partial charge in [-0.2, -0.15) is 0 Å². The lowest BCUT2D eigenvalue weighted by molar-refractivity contribution is -0.342. The van der Waals surface area contributed by atoms with E-state index in [1.54, 1.807) is 0 Å². The van der Waals surface area contributed by atoms with E-state index < -0.39 is 90.8 Å². The fourth-order valence-corrected chi connectivity index (χ4v) is 13.4. The number of aliphatic hydroxyl groups excluding tert-OH is 5. The fourth-order valence-electron chi connectivity index (χ4n) is 13.4. The molecule has 17 atom stereocenters. The molecule has 7 rings (SSSR count). The van der Waals surface area contributed by atoms with Crippen LogP contribution in [0.15, 0.2) is 11.6 Å². The van der Waals surface area contributed by atoms with Crippen LogP contribution in [-0.2, 0) is 28.5 Å². The van der Waals surface area contributed by atoms with Gasteiger partial charge in [0.25, 0.3) is 0 Å². The molecule has 0 radical (unpaired) electrons. The fraction of sp³-hybridized carbons (Fsp3) is 0.902. The predicted molar refractivity (Wildman–Crippen MR) is 192 cm³/mol. The molecule has 306 valence electrons. The van der Waals surface area contributed by atoms with Crippen molar-refractivity contribution in [2.45, 2.75) is 174 Å². The number of hydrogen-bond acceptors (Lipinski definition) is 11. The van der Waals surface area contributed by atoms with Gasteiger partial charge < -0.3 is 54.7 Å². The maximum absolute atomic E-state index is 13.0. The number of allylic oxidation sites excluding steroid dienone is 2. The molecule has 0 amide bonds.